The van der Waals surface area contributed by atoms with Gasteiger partial charge in [-0.15, -0.1) is 0 Å². The van der Waals surface area contributed by atoms with Crippen LogP contribution >= 0.6 is 0 Å². The van der Waals surface area contributed by atoms with Crippen molar-refractivity contribution in [1.29, 1.82) is 0 Å². The van der Waals surface area contributed by atoms with Crippen LogP contribution in [0.2, 0.25) is 0 Å². The lowest BCUT2D eigenvalue weighted by Crippen LogP contribution is -2.34. The monoisotopic (exact) mass is 265 g/mol. The molecule has 1 aromatic heterocycles. The highest BCUT2D eigenvalue weighted by molar-refractivity contribution is 5.92. The van der Waals surface area contributed by atoms with Gasteiger partial charge in [-0.3, -0.25) is 14.6 Å². The fourth-order valence-corrected chi connectivity index (χ4v) is 1.37. The molecular weight excluding hydrogens is 246 g/mol. The molecule has 0 atom stereocenters. The van der Waals surface area contributed by atoms with Crippen molar-refractivity contribution in [2.75, 3.05) is 18.9 Å². The smallest absolute Gasteiger partial charge is 0.271 e. The highest BCUT2D eigenvalue weighted by Gasteiger charge is 2.09. The Hall–Kier alpha value is -2.18. The Labute approximate surface area is 112 Å². The van der Waals surface area contributed by atoms with E-state index in [0.29, 0.717) is 5.82 Å². The summed E-state index contributed by atoms with van der Waals surface area (Å²) in [5, 5.41) is 8.17. The molecule has 2 amide bonds. The summed E-state index contributed by atoms with van der Waals surface area (Å²) < 4.78 is 0. The second-order valence-corrected chi connectivity index (χ2v) is 4.27. The molecule has 0 saturated carbocycles. The van der Waals surface area contributed by atoms with Gasteiger partial charge >= 0.3 is 0 Å². The number of rotatable bonds is 6. The molecule has 0 aliphatic rings. The number of aromatic nitrogens is 2. The van der Waals surface area contributed by atoms with Crippen molar-refractivity contribution in [3.05, 3.63) is 18.1 Å². The third-order valence-electron chi connectivity index (χ3n) is 2.21. The molecule has 1 aromatic rings. The highest BCUT2D eigenvalue weighted by Crippen LogP contribution is 2.00. The van der Waals surface area contributed by atoms with Crippen LogP contribution in [0.4, 0.5) is 5.82 Å². The van der Waals surface area contributed by atoms with E-state index in [-0.39, 0.29) is 36.5 Å². The largest absolute Gasteiger partial charge is 0.372 e. The zero-order valence-electron chi connectivity index (χ0n) is 11.4. The first-order valence-corrected chi connectivity index (χ1v) is 6.10. The maximum Gasteiger partial charge on any atom is 0.271 e. The van der Waals surface area contributed by atoms with Crippen molar-refractivity contribution in [3.8, 4) is 0 Å². The van der Waals surface area contributed by atoms with Crippen LogP contribution in [-0.4, -0.2) is 41.4 Å². The van der Waals surface area contributed by atoms with Gasteiger partial charge in [-0.1, -0.05) is 0 Å². The predicted octanol–water partition coefficient (Wildman–Crippen LogP) is 0.163. The van der Waals surface area contributed by atoms with Gasteiger partial charge in [0.25, 0.3) is 5.91 Å². The number of carbonyl (C=O) groups excluding carboxylic acids is 2. The van der Waals surface area contributed by atoms with Crippen LogP contribution in [0.5, 0.6) is 0 Å². The first kappa shape index (κ1) is 14.9. The zero-order chi connectivity index (χ0) is 14.3. The third-order valence-corrected chi connectivity index (χ3v) is 2.21. The number of hydrogen-bond donors (Lipinski definition) is 3. The molecule has 0 saturated heterocycles. The minimum atomic E-state index is -0.345. The van der Waals surface area contributed by atoms with E-state index in [0.717, 1.165) is 0 Å². The summed E-state index contributed by atoms with van der Waals surface area (Å²) in [6.45, 7) is 4.04. The molecular formula is C12H19N5O2. The van der Waals surface area contributed by atoms with Crippen LogP contribution in [0.25, 0.3) is 0 Å². The fraction of sp³-hybridized carbons (Fsp3) is 0.500. The van der Waals surface area contributed by atoms with Crippen LogP contribution in [0.15, 0.2) is 12.4 Å². The van der Waals surface area contributed by atoms with E-state index in [2.05, 4.69) is 25.9 Å². The molecule has 7 nitrogen and oxygen atoms in total. The molecule has 0 unspecified atom stereocenters. The van der Waals surface area contributed by atoms with Crippen LogP contribution in [0.3, 0.4) is 0 Å². The first-order chi connectivity index (χ1) is 9.02. The molecule has 0 fully saturated rings. The number of nitrogens with zero attached hydrogens (tertiary/aromatic N) is 2. The molecule has 19 heavy (non-hydrogen) atoms. The van der Waals surface area contributed by atoms with Crippen molar-refractivity contribution < 1.29 is 9.59 Å². The Bertz CT molecular complexity index is 448. The predicted molar refractivity (Wildman–Crippen MR) is 71.8 cm³/mol. The number of carbonyl (C=O) groups is 2. The lowest BCUT2D eigenvalue weighted by Gasteiger charge is -2.09. The van der Waals surface area contributed by atoms with Crippen molar-refractivity contribution in [2.24, 2.45) is 0 Å². The summed E-state index contributed by atoms with van der Waals surface area (Å²) >= 11 is 0. The zero-order valence-corrected chi connectivity index (χ0v) is 11.4. The number of anilines is 1. The van der Waals surface area contributed by atoms with E-state index in [1.807, 2.05) is 13.8 Å². The number of amides is 2. The van der Waals surface area contributed by atoms with E-state index in [9.17, 15) is 9.59 Å². The molecule has 0 radical (unpaired) electrons. The molecule has 104 valence electrons. The van der Waals surface area contributed by atoms with E-state index < -0.39 is 0 Å². The van der Waals surface area contributed by atoms with Gasteiger partial charge in [-0.2, -0.15) is 0 Å². The van der Waals surface area contributed by atoms with Gasteiger partial charge in [0.05, 0.1) is 12.4 Å². The number of nitrogens with one attached hydrogen (secondary N) is 3. The minimum Gasteiger partial charge on any atom is -0.372 e. The van der Waals surface area contributed by atoms with Crippen molar-refractivity contribution in [3.63, 3.8) is 0 Å². The van der Waals surface area contributed by atoms with Crippen molar-refractivity contribution >= 4 is 17.6 Å². The topological polar surface area (TPSA) is 96.0 Å². The summed E-state index contributed by atoms with van der Waals surface area (Å²) in [5.74, 6) is 0.0810. The standard InChI is InChI=1S/C12H19N5O2/c1-8(2)16-11(18)4-5-15-12(19)9-6-14-7-10(13-3)17-9/h6-8H,4-5H2,1-3H3,(H,13,17)(H,15,19)(H,16,18). The molecule has 1 heterocycles. The van der Waals surface area contributed by atoms with Gasteiger partial charge in [0.15, 0.2) is 0 Å². The summed E-state index contributed by atoms with van der Waals surface area (Å²) in [7, 11) is 1.70. The minimum absolute atomic E-state index is 0.0923. The Morgan fingerprint density at radius 3 is 2.68 bits per heavy atom. The van der Waals surface area contributed by atoms with Gasteiger partial charge < -0.3 is 16.0 Å². The van der Waals surface area contributed by atoms with Crippen LogP contribution in [0.1, 0.15) is 30.8 Å². The van der Waals surface area contributed by atoms with Gasteiger partial charge in [0.1, 0.15) is 11.5 Å². The molecule has 0 aliphatic carbocycles. The van der Waals surface area contributed by atoms with E-state index in [4.69, 9.17) is 0 Å². The normalized spacial score (nSPS) is 10.1. The van der Waals surface area contributed by atoms with E-state index in [1.165, 1.54) is 12.4 Å². The lowest BCUT2D eigenvalue weighted by molar-refractivity contribution is -0.121. The molecule has 7 heteroatoms. The van der Waals surface area contributed by atoms with E-state index >= 15 is 0 Å². The Morgan fingerprint density at radius 1 is 1.32 bits per heavy atom. The second kappa shape index (κ2) is 7.30. The van der Waals surface area contributed by atoms with Crippen molar-refractivity contribution in [1.82, 2.24) is 20.6 Å². The van der Waals surface area contributed by atoms with Gasteiger partial charge in [0.2, 0.25) is 5.91 Å². The summed E-state index contributed by atoms with van der Waals surface area (Å²) in [6.07, 6.45) is 3.14. The summed E-state index contributed by atoms with van der Waals surface area (Å²) in [5.41, 5.74) is 0.219. The SMILES string of the molecule is CNc1cncc(C(=O)NCCC(=O)NC(C)C)n1. The summed E-state index contributed by atoms with van der Waals surface area (Å²) in [4.78, 5) is 31.1. The van der Waals surface area contributed by atoms with Crippen LogP contribution < -0.4 is 16.0 Å². The van der Waals surface area contributed by atoms with Gasteiger partial charge in [-0.05, 0) is 13.8 Å². The molecule has 1 rings (SSSR count). The Morgan fingerprint density at radius 2 is 2.05 bits per heavy atom. The maximum atomic E-state index is 11.7. The summed E-state index contributed by atoms with van der Waals surface area (Å²) in [6, 6.07) is 0.0985. The lowest BCUT2D eigenvalue weighted by atomic mass is 10.3. The van der Waals surface area contributed by atoms with Crippen LogP contribution in [0, 0.1) is 0 Å². The Balaban J connectivity index is 2.40. The number of hydrogen-bond acceptors (Lipinski definition) is 5. The second-order valence-electron chi connectivity index (χ2n) is 4.27. The van der Waals surface area contributed by atoms with Crippen LogP contribution in [-0.2, 0) is 4.79 Å². The third kappa shape index (κ3) is 5.33. The molecule has 0 aromatic carbocycles. The average Bonchev–Trinajstić information content (AvgIpc) is 2.37. The molecule has 0 bridgehead atoms. The highest BCUT2D eigenvalue weighted by atomic mass is 16.2. The first-order valence-electron chi connectivity index (χ1n) is 6.10. The molecule has 0 aliphatic heterocycles. The van der Waals surface area contributed by atoms with Gasteiger partial charge in [-0.25, -0.2) is 4.98 Å². The molecule has 3 N–H and O–H groups in total. The average molecular weight is 265 g/mol. The fourth-order valence-electron chi connectivity index (χ4n) is 1.37. The molecule has 0 spiro atoms. The maximum absolute atomic E-state index is 11.7. The Kier molecular flexibility index (Phi) is 5.72. The van der Waals surface area contributed by atoms with E-state index in [1.54, 1.807) is 7.05 Å². The van der Waals surface area contributed by atoms with Gasteiger partial charge in [0, 0.05) is 26.1 Å². The quantitative estimate of drug-likeness (QED) is 0.681. The van der Waals surface area contributed by atoms with Crippen molar-refractivity contribution in [2.45, 2.75) is 26.3 Å².